The quantitative estimate of drug-likeness (QED) is 0.217. The molecule has 0 saturated carbocycles. The molecule has 0 radical (unpaired) electrons. The van der Waals surface area contributed by atoms with E-state index in [0.717, 1.165) is 28.7 Å². The Kier molecular flexibility index (Phi) is 7.68. The molecule has 7 rings (SSSR count). The number of aryl methyl sites for hydroxylation is 1. The van der Waals surface area contributed by atoms with Crippen molar-refractivity contribution in [2.75, 3.05) is 4.90 Å². The number of benzene rings is 5. The van der Waals surface area contributed by atoms with E-state index in [1.165, 1.54) is 88.7 Å². The molecule has 0 unspecified atom stereocenters. The van der Waals surface area contributed by atoms with Crippen molar-refractivity contribution in [2.45, 2.75) is 82.6 Å². The Morgan fingerprint density at radius 2 is 0.837 bits per heavy atom. The molecule has 0 amide bonds. The van der Waals surface area contributed by atoms with Crippen LogP contribution >= 0.6 is 0 Å². The van der Waals surface area contributed by atoms with Gasteiger partial charge in [-0.3, -0.25) is 0 Å². The molecule has 240 valence electrons. The molecule has 2 aliphatic heterocycles. The first-order chi connectivity index (χ1) is 23.4. The monoisotopic (exact) mass is 635 g/mol. The minimum atomic E-state index is -0.0398. The van der Waals surface area contributed by atoms with Crippen molar-refractivity contribution in [2.24, 2.45) is 0 Å². The van der Waals surface area contributed by atoms with Crippen molar-refractivity contribution in [3.05, 3.63) is 121 Å². The molecular formula is C44H43B2N3. The summed E-state index contributed by atoms with van der Waals surface area (Å²) < 4.78 is 0. The fourth-order valence-corrected chi connectivity index (χ4v) is 9.02. The van der Waals surface area contributed by atoms with Gasteiger partial charge in [0.15, 0.2) is 0 Å². The van der Waals surface area contributed by atoms with E-state index >= 15 is 0 Å². The Bertz CT molecular complexity index is 2150. The van der Waals surface area contributed by atoms with Crippen LogP contribution in [0.25, 0.3) is 0 Å². The van der Waals surface area contributed by atoms with Crippen LogP contribution in [0, 0.1) is 91.9 Å². The average Bonchev–Trinajstić information content (AvgIpc) is 3.12. The van der Waals surface area contributed by atoms with Gasteiger partial charge in [0, 0.05) is 17.1 Å². The molecule has 0 bridgehead atoms. The zero-order valence-corrected chi connectivity index (χ0v) is 30.8. The summed E-state index contributed by atoms with van der Waals surface area (Å²) in [6.07, 6.45) is 0.906. The van der Waals surface area contributed by atoms with E-state index in [1.807, 2.05) is 12.1 Å². The number of rotatable bonds is 3. The molecule has 3 nitrogen and oxygen atoms in total. The topological polar surface area (TPSA) is 50.8 Å². The largest absolute Gasteiger partial charge is 0.313 e. The Labute approximate surface area is 293 Å². The van der Waals surface area contributed by atoms with Crippen molar-refractivity contribution < 1.29 is 0 Å². The van der Waals surface area contributed by atoms with Crippen LogP contribution in [0.15, 0.2) is 48.5 Å². The maximum Gasteiger partial charge on any atom is 0.247 e. The van der Waals surface area contributed by atoms with Crippen LogP contribution in [-0.4, -0.2) is 13.4 Å². The molecule has 5 aromatic carbocycles. The summed E-state index contributed by atoms with van der Waals surface area (Å²) in [6, 6.07) is 22.3. The molecule has 0 saturated heterocycles. The molecule has 0 atom stereocenters. The molecule has 0 aromatic heterocycles. The number of fused-ring (bicyclic) bond motifs is 4. The SMILES string of the molecule is CCc1cc2c3c(c1)B(c1c(C)c(C)c(C)c(C)c1C)c1cc(C#N)ccc1N3c1ccc(C#N)cc1B2c1c(C)c(C)c(C)c(C)c1C. The Hall–Kier alpha value is -4.99. The normalized spacial score (nSPS) is 12.7. The predicted octanol–water partition coefficient (Wildman–Crippen LogP) is 6.21. The molecule has 5 heteroatoms. The van der Waals surface area contributed by atoms with Gasteiger partial charge < -0.3 is 4.90 Å². The molecule has 0 N–H and O–H groups in total. The van der Waals surface area contributed by atoms with Crippen molar-refractivity contribution >= 4 is 63.3 Å². The molecule has 0 spiro atoms. The minimum absolute atomic E-state index is 0.0398. The molecule has 0 aliphatic carbocycles. The minimum Gasteiger partial charge on any atom is -0.313 e. The predicted molar refractivity (Wildman–Crippen MR) is 209 cm³/mol. The van der Waals surface area contributed by atoms with Crippen LogP contribution in [0.3, 0.4) is 0 Å². The highest BCUT2D eigenvalue weighted by Gasteiger charge is 2.45. The van der Waals surface area contributed by atoms with Gasteiger partial charge in [-0.1, -0.05) is 52.2 Å². The van der Waals surface area contributed by atoms with Crippen LogP contribution < -0.4 is 37.7 Å². The maximum absolute atomic E-state index is 10.2. The highest BCUT2D eigenvalue weighted by molar-refractivity contribution is 7.02. The maximum atomic E-state index is 10.2. The second-order valence-electron chi connectivity index (χ2n) is 14.5. The van der Waals surface area contributed by atoms with Gasteiger partial charge in [0.25, 0.3) is 0 Å². The number of hydrogen-bond acceptors (Lipinski definition) is 3. The fraction of sp³-hybridized carbons (Fsp3) is 0.273. The lowest BCUT2D eigenvalue weighted by Crippen LogP contribution is -2.66. The van der Waals surface area contributed by atoms with Gasteiger partial charge in [-0.15, -0.1) is 0 Å². The molecule has 2 heterocycles. The third kappa shape index (κ3) is 4.48. The van der Waals surface area contributed by atoms with Crippen LogP contribution in [0.1, 0.15) is 79.2 Å². The number of nitriles is 2. The highest BCUT2D eigenvalue weighted by Crippen LogP contribution is 2.39. The molecule has 2 aliphatic rings. The first kappa shape index (κ1) is 32.6. The Balaban J connectivity index is 1.69. The van der Waals surface area contributed by atoms with Crippen LogP contribution in [0.4, 0.5) is 17.1 Å². The molecule has 0 fully saturated rings. The van der Waals surface area contributed by atoms with Gasteiger partial charge in [-0.25, -0.2) is 0 Å². The summed E-state index contributed by atoms with van der Waals surface area (Å²) in [5, 5.41) is 20.4. The van der Waals surface area contributed by atoms with E-state index in [-0.39, 0.29) is 13.4 Å². The average molecular weight is 635 g/mol. The van der Waals surface area contributed by atoms with E-state index in [9.17, 15) is 10.5 Å². The van der Waals surface area contributed by atoms with Gasteiger partial charge in [-0.05, 0) is 173 Å². The molecule has 49 heavy (non-hydrogen) atoms. The van der Waals surface area contributed by atoms with Crippen molar-refractivity contribution in [3.8, 4) is 12.1 Å². The van der Waals surface area contributed by atoms with Gasteiger partial charge in [0.05, 0.1) is 23.3 Å². The second-order valence-corrected chi connectivity index (χ2v) is 14.5. The van der Waals surface area contributed by atoms with E-state index in [1.54, 1.807) is 0 Å². The third-order valence-electron chi connectivity index (χ3n) is 12.6. The summed E-state index contributed by atoms with van der Waals surface area (Å²) in [5.41, 5.74) is 27.0. The van der Waals surface area contributed by atoms with Gasteiger partial charge in [0.1, 0.15) is 0 Å². The lowest BCUT2D eigenvalue weighted by molar-refractivity contribution is 1.14. The fourth-order valence-electron chi connectivity index (χ4n) is 9.02. The van der Waals surface area contributed by atoms with Crippen molar-refractivity contribution in [1.29, 1.82) is 10.5 Å². The number of nitrogens with zero attached hydrogens (tertiary/aromatic N) is 3. The Morgan fingerprint density at radius 1 is 0.490 bits per heavy atom. The number of hydrogen-bond donors (Lipinski definition) is 0. The lowest BCUT2D eigenvalue weighted by Gasteiger charge is -2.45. The number of anilines is 3. The zero-order chi connectivity index (χ0) is 35.2. The standard InChI is InChI=1S/C44H43B2N3/c1-12-33-17-38-44-39(18-33)46(43-31(10)27(6)24(3)28(7)32(43)11)37-20-35(22-48)14-16-41(37)49(44)40-15-13-34(21-47)19-36(40)45(38)42-29(8)25(4)23(2)26(5)30(42)9/h13-20H,12H2,1-11H3. The Morgan fingerprint density at radius 3 is 1.16 bits per heavy atom. The zero-order valence-electron chi connectivity index (χ0n) is 30.8. The van der Waals surface area contributed by atoms with Crippen LogP contribution in [0.2, 0.25) is 0 Å². The van der Waals surface area contributed by atoms with E-state index in [0.29, 0.717) is 11.1 Å². The van der Waals surface area contributed by atoms with Gasteiger partial charge >= 0.3 is 0 Å². The molecular weight excluding hydrogens is 592 g/mol. The summed E-state index contributed by atoms with van der Waals surface area (Å²) >= 11 is 0. The summed E-state index contributed by atoms with van der Waals surface area (Å²) in [5.74, 6) is 0. The van der Waals surface area contributed by atoms with Crippen molar-refractivity contribution in [1.82, 2.24) is 0 Å². The van der Waals surface area contributed by atoms with Crippen LogP contribution in [0.5, 0.6) is 0 Å². The highest BCUT2D eigenvalue weighted by atomic mass is 15.2. The molecule has 5 aromatic rings. The van der Waals surface area contributed by atoms with Crippen LogP contribution in [-0.2, 0) is 6.42 Å². The summed E-state index contributed by atoms with van der Waals surface area (Å²) in [4.78, 5) is 2.45. The second kappa shape index (κ2) is 11.6. The van der Waals surface area contributed by atoms with E-state index < -0.39 is 0 Å². The first-order valence-electron chi connectivity index (χ1n) is 17.5. The smallest absolute Gasteiger partial charge is 0.247 e. The third-order valence-corrected chi connectivity index (χ3v) is 12.6. The van der Waals surface area contributed by atoms with Gasteiger partial charge in [0.2, 0.25) is 13.4 Å². The van der Waals surface area contributed by atoms with Gasteiger partial charge in [-0.2, -0.15) is 10.5 Å². The van der Waals surface area contributed by atoms with E-state index in [4.69, 9.17) is 0 Å². The summed E-state index contributed by atoms with van der Waals surface area (Å²) in [7, 11) is 0. The van der Waals surface area contributed by atoms with E-state index in [2.05, 4.69) is 130 Å². The summed E-state index contributed by atoms with van der Waals surface area (Å²) in [6.45, 7) is 24.8. The lowest BCUT2D eigenvalue weighted by atomic mass is 9.29. The first-order valence-corrected chi connectivity index (χ1v) is 17.5. The van der Waals surface area contributed by atoms with Crippen molar-refractivity contribution in [3.63, 3.8) is 0 Å².